The Kier molecular flexibility index (Phi) is 1.90. The monoisotopic (exact) mass is 155 g/mol. The lowest BCUT2D eigenvalue weighted by molar-refractivity contribution is -0.0755. The van der Waals surface area contributed by atoms with E-state index in [4.69, 9.17) is 4.74 Å². The molecule has 0 radical (unpaired) electrons. The summed E-state index contributed by atoms with van der Waals surface area (Å²) in [5.74, 6) is 0.974. The lowest BCUT2D eigenvalue weighted by atomic mass is 9.79. The van der Waals surface area contributed by atoms with Crippen LogP contribution < -0.4 is 0 Å². The summed E-state index contributed by atoms with van der Waals surface area (Å²) < 4.78 is 5.22. The van der Waals surface area contributed by atoms with Crippen molar-refractivity contribution in [3.63, 3.8) is 0 Å². The molecule has 2 nitrogen and oxygen atoms in total. The summed E-state index contributed by atoms with van der Waals surface area (Å²) in [4.78, 5) is 2.55. The molecule has 0 aromatic carbocycles. The quantitative estimate of drug-likeness (QED) is 0.592. The molecule has 1 aliphatic heterocycles. The molecule has 1 saturated heterocycles. The molecule has 0 aromatic heterocycles. The second kappa shape index (κ2) is 2.76. The number of methoxy groups -OCH3 is 1. The first-order valence-electron chi connectivity index (χ1n) is 4.56. The van der Waals surface area contributed by atoms with Gasteiger partial charge in [0.15, 0.2) is 0 Å². The Bertz CT molecular complexity index is 136. The van der Waals surface area contributed by atoms with E-state index in [0.717, 1.165) is 12.0 Å². The maximum atomic E-state index is 5.22. The van der Waals surface area contributed by atoms with Gasteiger partial charge in [0.2, 0.25) is 0 Å². The van der Waals surface area contributed by atoms with Gasteiger partial charge in [-0.1, -0.05) is 6.92 Å². The Morgan fingerprint density at radius 2 is 1.91 bits per heavy atom. The number of hydrogen-bond acceptors (Lipinski definition) is 2. The van der Waals surface area contributed by atoms with Crippen LogP contribution in [0.5, 0.6) is 0 Å². The first-order chi connectivity index (χ1) is 5.29. The van der Waals surface area contributed by atoms with Crippen LogP contribution in [0.4, 0.5) is 0 Å². The average molecular weight is 155 g/mol. The zero-order valence-electron chi connectivity index (χ0n) is 7.42. The van der Waals surface area contributed by atoms with Gasteiger partial charge in [-0.15, -0.1) is 0 Å². The molecule has 0 amide bonds. The number of nitrogens with zero attached hydrogens (tertiary/aromatic N) is 1. The smallest absolute Gasteiger partial charge is 0.0825 e. The van der Waals surface area contributed by atoms with Gasteiger partial charge in [0.05, 0.1) is 6.10 Å². The van der Waals surface area contributed by atoms with E-state index in [0.29, 0.717) is 6.10 Å². The summed E-state index contributed by atoms with van der Waals surface area (Å²) in [7, 11) is 1.81. The molecular formula is C9H17NO. The fourth-order valence-corrected chi connectivity index (χ4v) is 2.07. The molecular weight excluding hydrogens is 138 g/mol. The highest BCUT2D eigenvalue weighted by molar-refractivity contribution is 4.92. The summed E-state index contributed by atoms with van der Waals surface area (Å²) in [6, 6.07) is 0.899. The summed E-state index contributed by atoms with van der Waals surface area (Å²) >= 11 is 0. The summed E-state index contributed by atoms with van der Waals surface area (Å²) in [5.41, 5.74) is 0. The van der Waals surface area contributed by atoms with Crippen LogP contribution in [0.15, 0.2) is 0 Å². The zero-order chi connectivity index (χ0) is 7.84. The van der Waals surface area contributed by atoms with Crippen molar-refractivity contribution in [2.45, 2.75) is 31.9 Å². The molecule has 2 fully saturated rings. The molecule has 2 rings (SSSR count). The molecule has 0 spiro atoms. The van der Waals surface area contributed by atoms with Gasteiger partial charge >= 0.3 is 0 Å². The van der Waals surface area contributed by atoms with Crippen molar-refractivity contribution in [2.24, 2.45) is 5.92 Å². The van der Waals surface area contributed by atoms with Gasteiger partial charge in [0, 0.05) is 26.2 Å². The van der Waals surface area contributed by atoms with E-state index in [1.165, 1.54) is 25.9 Å². The number of likely N-dealkylation sites (tertiary alicyclic amines) is 1. The molecule has 0 aromatic rings. The van der Waals surface area contributed by atoms with Gasteiger partial charge in [0.1, 0.15) is 0 Å². The highest BCUT2D eigenvalue weighted by Gasteiger charge is 2.37. The molecule has 1 heterocycles. The van der Waals surface area contributed by atoms with E-state index >= 15 is 0 Å². The number of hydrogen-bond donors (Lipinski definition) is 0. The summed E-state index contributed by atoms with van der Waals surface area (Å²) in [5, 5.41) is 0. The molecule has 1 aliphatic carbocycles. The fraction of sp³-hybridized carbons (Fsp3) is 1.00. The number of rotatable bonds is 2. The highest BCUT2D eigenvalue weighted by atomic mass is 16.5. The predicted molar refractivity (Wildman–Crippen MR) is 44.6 cm³/mol. The lowest BCUT2D eigenvalue weighted by Gasteiger charge is -2.49. The molecule has 2 heteroatoms. The Morgan fingerprint density at radius 1 is 1.27 bits per heavy atom. The van der Waals surface area contributed by atoms with E-state index in [1.54, 1.807) is 0 Å². The Balaban J connectivity index is 1.67. The molecule has 0 unspecified atom stereocenters. The average Bonchev–Trinajstić information content (AvgIpc) is 1.81. The lowest BCUT2D eigenvalue weighted by Crippen LogP contribution is -2.59. The summed E-state index contributed by atoms with van der Waals surface area (Å²) in [6.07, 6.45) is 3.36. The largest absolute Gasteiger partial charge is 0.379 e. The van der Waals surface area contributed by atoms with Gasteiger partial charge in [-0.3, -0.25) is 4.90 Å². The molecule has 0 N–H and O–H groups in total. The SMILES string of the molecule is COC1CN(C2CC(C)C2)C1. The third-order valence-electron chi connectivity index (χ3n) is 3.07. The Labute approximate surface area is 68.5 Å². The van der Waals surface area contributed by atoms with Crippen LogP contribution in [0.3, 0.4) is 0 Å². The second-order valence-electron chi connectivity index (χ2n) is 4.04. The van der Waals surface area contributed by atoms with Gasteiger partial charge in [-0.2, -0.15) is 0 Å². The van der Waals surface area contributed by atoms with Crippen LogP contribution >= 0.6 is 0 Å². The van der Waals surface area contributed by atoms with Gasteiger partial charge in [0.25, 0.3) is 0 Å². The maximum absolute atomic E-state index is 5.22. The van der Waals surface area contributed by atoms with Crippen LogP contribution in [-0.4, -0.2) is 37.2 Å². The van der Waals surface area contributed by atoms with Crippen molar-refractivity contribution < 1.29 is 4.74 Å². The standard InChI is InChI=1S/C9H17NO/c1-7-3-8(4-7)10-5-9(6-10)11-2/h7-9H,3-6H2,1-2H3. The molecule has 0 bridgehead atoms. The van der Waals surface area contributed by atoms with Crippen molar-refractivity contribution in [2.75, 3.05) is 20.2 Å². The van der Waals surface area contributed by atoms with Crippen LogP contribution in [-0.2, 0) is 4.74 Å². The van der Waals surface area contributed by atoms with Crippen molar-refractivity contribution in [1.29, 1.82) is 0 Å². The minimum Gasteiger partial charge on any atom is -0.379 e. The van der Waals surface area contributed by atoms with Crippen LogP contribution in [0.2, 0.25) is 0 Å². The van der Waals surface area contributed by atoms with E-state index in [2.05, 4.69) is 11.8 Å². The minimum atomic E-state index is 0.533. The molecule has 2 aliphatic rings. The Hall–Kier alpha value is -0.0800. The van der Waals surface area contributed by atoms with E-state index < -0.39 is 0 Å². The van der Waals surface area contributed by atoms with Crippen molar-refractivity contribution in [3.8, 4) is 0 Å². The fourth-order valence-electron chi connectivity index (χ4n) is 2.07. The first-order valence-corrected chi connectivity index (χ1v) is 4.56. The van der Waals surface area contributed by atoms with Crippen LogP contribution in [0, 0.1) is 5.92 Å². The van der Waals surface area contributed by atoms with Gasteiger partial charge < -0.3 is 4.74 Å². The molecule has 11 heavy (non-hydrogen) atoms. The molecule has 1 saturated carbocycles. The summed E-state index contributed by atoms with van der Waals surface area (Å²) in [6.45, 7) is 4.69. The predicted octanol–water partition coefficient (Wildman–Crippen LogP) is 1.12. The molecule has 64 valence electrons. The third kappa shape index (κ3) is 1.30. The third-order valence-corrected chi connectivity index (χ3v) is 3.07. The highest BCUT2D eigenvalue weighted by Crippen LogP contribution is 2.33. The first kappa shape index (κ1) is 7.56. The van der Waals surface area contributed by atoms with Crippen LogP contribution in [0.1, 0.15) is 19.8 Å². The minimum absolute atomic E-state index is 0.533. The normalized spacial score (nSPS) is 39.8. The molecule has 0 atom stereocenters. The van der Waals surface area contributed by atoms with Gasteiger partial charge in [-0.05, 0) is 18.8 Å². The zero-order valence-corrected chi connectivity index (χ0v) is 7.42. The Morgan fingerprint density at radius 3 is 2.36 bits per heavy atom. The van der Waals surface area contributed by atoms with Crippen molar-refractivity contribution >= 4 is 0 Å². The van der Waals surface area contributed by atoms with Crippen LogP contribution in [0.25, 0.3) is 0 Å². The maximum Gasteiger partial charge on any atom is 0.0825 e. The van der Waals surface area contributed by atoms with E-state index in [-0.39, 0.29) is 0 Å². The topological polar surface area (TPSA) is 12.5 Å². The van der Waals surface area contributed by atoms with E-state index in [1.807, 2.05) is 7.11 Å². The number of ether oxygens (including phenoxy) is 1. The van der Waals surface area contributed by atoms with Crippen molar-refractivity contribution in [1.82, 2.24) is 4.90 Å². The second-order valence-corrected chi connectivity index (χ2v) is 4.04. The van der Waals surface area contributed by atoms with Gasteiger partial charge in [-0.25, -0.2) is 0 Å². The van der Waals surface area contributed by atoms with E-state index in [9.17, 15) is 0 Å². The van der Waals surface area contributed by atoms with Crippen molar-refractivity contribution in [3.05, 3.63) is 0 Å².